The number of nitrogens with zero attached hydrogens (tertiary/aromatic N) is 4. The number of hydrogen-bond donors (Lipinski definition) is 1. The van der Waals surface area contributed by atoms with Crippen LogP contribution >= 0.6 is 22.9 Å². The molecule has 0 saturated heterocycles. The molecule has 1 N–H and O–H groups in total. The molecule has 4 rings (SSSR count). The van der Waals surface area contributed by atoms with Crippen LogP contribution in [0.1, 0.15) is 5.56 Å². The molecule has 0 radical (unpaired) electrons. The molecule has 6 nitrogen and oxygen atoms in total. The standard InChI is InChI=1S/C18H11ClN4O2S/c19-11-4-3-5-12(8-11)23-16(24)14-7-2-1-6-13(14)15(17(23)25)9-20-18-22-21-10-26-18/h1-10,25H/b20-9+. The summed E-state index contributed by atoms with van der Waals surface area (Å²) < 4.78 is 1.22. The molecule has 2 aromatic heterocycles. The van der Waals surface area contributed by atoms with Crippen molar-refractivity contribution < 1.29 is 5.11 Å². The van der Waals surface area contributed by atoms with Crippen LogP contribution in [0.3, 0.4) is 0 Å². The fourth-order valence-corrected chi connectivity index (χ4v) is 3.27. The third-order valence-corrected chi connectivity index (χ3v) is 4.66. The molecule has 26 heavy (non-hydrogen) atoms. The van der Waals surface area contributed by atoms with E-state index in [9.17, 15) is 9.90 Å². The van der Waals surface area contributed by atoms with Crippen LogP contribution in [0.25, 0.3) is 16.5 Å². The van der Waals surface area contributed by atoms with E-state index in [0.717, 1.165) is 0 Å². The van der Waals surface area contributed by atoms with E-state index in [0.29, 0.717) is 32.2 Å². The van der Waals surface area contributed by atoms with Crippen molar-refractivity contribution in [3.8, 4) is 11.6 Å². The lowest BCUT2D eigenvalue weighted by atomic mass is 10.1. The molecular formula is C18H11ClN4O2S. The van der Waals surface area contributed by atoms with E-state index in [2.05, 4.69) is 15.2 Å². The van der Waals surface area contributed by atoms with E-state index < -0.39 is 0 Å². The Bertz CT molecular complexity index is 1190. The second kappa shape index (κ2) is 6.70. The molecule has 0 aliphatic carbocycles. The highest BCUT2D eigenvalue weighted by Crippen LogP contribution is 2.27. The normalized spacial score (nSPS) is 11.4. The summed E-state index contributed by atoms with van der Waals surface area (Å²) >= 11 is 7.32. The van der Waals surface area contributed by atoms with Gasteiger partial charge in [0.05, 0.1) is 11.3 Å². The lowest BCUT2D eigenvalue weighted by molar-refractivity contribution is 0.436. The summed E-state index contributed by atoms with van der Waals surface area (Å²) in [6.07, 6.45) is 1.48. The molecule has 0 amide bonds. The van der Waals surface area contributed by atoms with Crippen LogP contribution < -0.4 is 5.56 Å². The molecule has 0 unspecified atom stereocenters. The molecular weight excluding hydrogens is 372 g/mol. The van der Waals surface area contributed by atoms with Gasteiger partial charge in [0.25, 0.3) is 5.56 Å². The zero-order chi connectivity index (χ0) is 18.1. The van der Waals surface area contributed by atoms with Gasteiger partial charge in [0, 0.05) is 22.0 Å². The van der Waals surface area contributed by atoms with Crippen molar-refractivity contribution in [1.29, 1.82) is 0 Å². The monoisotopic (exact) mass is 382 g/mol. The first kappa shape index (κ1) is 16.4. The maximum atomic E-state index is 12.9. The van der Waals surface area contributed by atoms with Gasteiger partial charge in [-0.3, -0.25) is 4.79 Å². The minimum absolute atomic E-state index is 0.218. The van der Waals surface area contributed by atoms with Gasteiger partial charge < -0.3 is 5.11 Å². The van der Waals surface area contributed by atoms with Gasteiger partial charge in [-0.2, -0.15) is 0 Å². The Morgan fingerprint density at radius 3 is 2.69 bits per heavy atom. The number of aliphatic imine (C=N–C) groups is 1. The van der Waals surface area contributed by atoms with Crippen molar-refractivity contribution in [2.75, 3.05) is 0 Å². The lowest BCUT2D eigenvalue weighted by Crippen LogP contribution is -2.20. The third-order valence-electron chi connectivity index (χ3n) is 3.82. The van der Waals surface area contributed by atoms with Gasteiger partial charge in [-0.05, 0) is 24.3 Å². The number of pyridine rings is 1. The summed E-state index contributed by atoms with van der Waals surface area (Å²) in [6.45, 7) is 0. The minimum Gasteiger partial charge on any atom is -0.494 e. The summed E-state index contributed by atoms with van der Waals surface area (Å²) in [4.78, 5) is 17.2. The predicted octanol–water partition coefficient (Wildman–Crippen LogP) is 3.95. The summed E-state index contributed by atoms with van der Waals surface area (Å²) in [5.41, 5.74) is 2.11. The van der Waals surface area contributed by atoms with Crippen molar-refractivity contribution in [2.45, 2.75) is 0 Å². The van der Waals surface area contributed by atoms with Gasteiger partial charge in [-0.1, -0.05) is 47.2 Å². The zero-order valence-corrected chi connectivity index (χ0v) is 14.8. The van der Waals surface area contributed by atoms with E-state index >= 15 is 0 Å². The molecule has 128 valence electrons. The number of aromatic hydroxyl groups is 1. The van der Waals surface area contributed by atoms with Gasteiger partial charge in [0.15, 0.2) is 0 Å². The lowest BCUT2D eigenvalue weighted by Gasteiger charge is -2.13. The van der Waals surface area contributed by atoms with Crippen molar-refractivity contribution in [2.24, 2.45) is 4.99 Å². The van der Waals surface area contributed by atoms with Crippen LogP contribution in [0.4, 0.5) is 5.13 Å². The number of benzene rings is 2. The van der Waals surface area contributed by atoms with Gasteiger partial charge in [-0.25, -0.2) is 9.56 Å². The predicted molar refractivity (Wildman–Crippen MR) is 103 cm³/mol. The smallest absolute Gasteiger partial charge is 0.265 e. The van der Waals surface area contributed by atoms with Crippen molar-refractivity contribution in [3.63, 3.8) is 0 Å². The number of fused-ring (bicyclic) bond motifs is 1. The minimum atomic E-state index is -0.339. The average Bonchev–Trinajstić information content (AvgIpc) is 3.15. The highest BCUT2D eigenvalue weighted by molar-refractivity contribution is 7.13. The van der Waals surface area contributed by atoms with Gasteiger partial charge in [0.1, 0.15) is 5.51 Å². The van der Waals surface area contributed by atoms with Crippen LogP contribution in [0, 0.1) is 0 Å². The topological polar surface area (TPSA) is 80.4 Å². The zero-order valence-electron chi connectivity index (χ0n) is 13.2. The van der Waals surface area contributed by atoms with Crippen molar-refractivity contribution in [3.05, 3.63) is 75.0 Å². The molecule has 0 aliphatic rings. The molecule has 0 saturated carbocycles. The molecule has 0 bridgehead atoms. The number of aromatic nitrogens is 3. The second-order valence-corrected chi connectivity index (χ2v) is 6.63. The maximum absolute atomic E-state index is 12.9. The average molecular weight is 383 g/mol. The van der Waals surface area contributed by atoms with Crippen molar-refractivity contribution >= 4 is 45.1 Å². The summed E-state index contributed by atoms with van der Waals surface area (Å²) in [5.74, 6) is -0.218. The first-order valence-corrected chi connectivity index (χ1v) is 8.84. The highest BCUT2D eigenvalue weighted by atomic mass is 35.5. The van der Waals surface area contributed by atoms with E-state index in [1.165, 1.54) is 22.1 Å². The van der Waals surface area contributed by atoms with Crippen LogP contribution in [0.5, 0.6) is 5.88 Å². The van der Waals surface area contributed by atoms with E-state index in [1.54, 1.807) is 54.0 Å². The summed E-state index contributed by atoms with van der Waals surface area (Å²) in [5, 5.41) is 20.4. The van der Waals surface area contributed by atoms with Gasteiger partial charge in [0.2, 0.25) is 11.0 Å². The Balaban J connectivity index is 2.03. The molecule has 0 fully saturated rings. The quantitative estimate of drug-likeness (QED) is 0.544. The SMILES string of the molecule is O=c1c2ccccc2c(/C=N/c2nncs2)c(O)n1-c1cccc(Cl)c1. The fraction of sp³-hybridized carbons (Fsp3) is 0. The van der Waals surface area contributed by atoms with Crippen LogP contribution in [0.15, 0.2) is 63.8 Å². The molecule has 2 aromatic carbocycles. The van der Waals surface area contributed by atoms with Crippen LogP contribution in [-0.4, -0.2) is 26.1 Å². The fourth-order valence-electron chi connectivity index (χ4n) is 2.69. The Hall–Kier alpha value is -3.03. The highest BCUT2D eigenvalue weighted by Gasteiger charge is 2.16. The van der Waals surface area contributed by atoms with Crippen molar-refractivity contribution in [1.82, 2.24) is 14.8 Å². The van der Waals surface area contributed by atoms with Gasteiger partial charge in [-0.15, -0.1) is 10.2 Å². The van der Waals surface area contributed by atoms with E-state index in [-0.39, 0.29) is 11.4 Å². The third kappa shape index (κ3) is 2.87. The molecule has 2 heterocycles. The first-order valence-electron chi connectivity index (χ1n) is 7.58. The largest absolute Gasteiger partial charge is 0.494 e. The van der Waals surface area contributed by atoms with E-state index in [1.807, 2.05) is 0 Å². The van der Waals surface area contributed by atoms with Crippen LogP contribution in [0.2, 0.25) is 5.02 Å². The van der Waals surface area contributed by atoms with Gasteiger partial charge >= 0.3 is 0 Å². The van der Waals surface area contributed by atoms with E-state index in [4.69, 9.17) is 11.6 Å². The number of hydrogen-bond acceptors (Lipinski definition) is 6. The van der Waals surface area contributed by atoms with Crippen LogP contribution in [-0.2, 0) is 0 Å². The maximum Gasteiger partial charge on any atom is 0.265 e. The Kier molecular flexibility index (Phi) is 4.24. The Labute approximate surface area is 156 Å². The molecule has 0 aliphatic heterocycles. The molecule has 4 aromatic rings. The summed E-state index contributed by atoms with van der Waals surface area (Å²) in [7, 11) is 0. The number of halogens is 1. The first-order chi connectivity index (χ1) is 12.6. The number of rotatable bonds is 3. The Morgan fingerprint density at radius 2 is 1.96 bits per heavy atom. The second-order valence-electron chi connectivity index (χ2n) is 5.38. The summed E-state index contributed by atoms with van der Waals surface area (Å²) in [6, 6.07) is 13.8. The molecule has 0 atom stereocenters. The molecule has 0 spiro atoms. The molecule has 8 heteroatoms. The Morgan fingerprint density at radius 1 is 1.15 bits per heavy atom.